The van der Waals surface area contributed by atoms with E-state index in [1.165, 1.54) is 25.7 Å². The minimum atomic E-state index is -4.57. The van der Waals surface area contributed by atoms with E-state index in [0.29, 0.717) is 47.3 Å². The Morgan fingerprint density at radius 1 is 1.03 bits per heavy atom. The summed E-state index contributed by atoms with van der Waals surface area (Å²) in [4.78, 5) is 0. The molecule has 0 aromatic carbocycles. The van der Waals surface area contributed by atoms with Gasteiger partial charge in [0.2, 0.25) is 0 Å². The summed E-state index contributed by atoms with van der Waals surface area (Å²) in [5.41, 5.74) is -2.57. The highest BCUT2D eigenvalue weighted by molar-refractivity contribution is 5.12. The van der Waals surface area contributed by atoms with Crippen LogP contribution < -0.4 is 0 Å². The zero-order chi connectivity index (χ0) is 25.3. The Labute approximate surface area is 205 Å². The van der Waals surface area contributed by atoms with Crippen LogP contribution in [0, 0.1) is 52.3 Å². The normalized spacial score (nSPS) is 49.5. The molecule has 0 amide bonds. The Kier molecular flexibility index (Phi) is 6.80. The lowest BCUT2D eigenvalue weighted by molar-refractivity contribution is -0.256. The lowest BCUT2D eigenvalue weighted by Crippen LogP contribution is -2.56. The van der Waals surface area contributed by atoms with E-state index < -0.39 is 17.4 Å². The number of halogens is 3. The van der Waals surface area contributed by atoms with Gasteiger partial charge in [-0.25, -0.2) is 0 Å². The average molecular weight is 487 g/mol. The van der Waals surface area contributed by atoms with E-state index in [1.54, 1.807) is 0 Å². The minimum absolute atomic E-state index is 0.184. The van der Waals surface area contributed by atoms with Crippen molar-refractivity contribution in [2.45, 2.75) is 130 Å². The first kappa shape index (κ1) is 26.8. The summed E-state index contributed by atoms with van der Waals surface area (Å²) in [5.74, 6) is 3.90. The summed E-state index contributed by atoms with van der Waals surface area (Å²) < 4.78 is 39.7. The molecule has 198 valence electrons. The number of hydrogen-bond acceptors (Lipinski definition) is 2. The number of hydrogen-bond donors (Lipinski definition) is 2. The maximum atomic E-state index is 13.2. The van der Waals surface area contributed by atoms with Crippen molar-refractivity contribution >= 4 is 0 Å². The van der Waals surface area contributed by atoms with Crippen molar-refractivity contribution in [1.82, 2.24) is 0 Å². The smallest absolute Gasteiger partial charge is 0.390 e. The van der Waals surface area contributed by atoms with Crippen LogP contribution in [0.3, 0.4) is 0 Å². The van der Waals surface area contributed by atoms with E-state index in [0.717, 1.165) is 39.0 Å². The summed E-state index contributed by atoms with van der Waals surface area (Å²) in [6.45, 7) is 12.5. The van der Waals surface area contributed by atoms with Crippen LogP contribution in [0.2, 0.25) is 0 Å². The van der Waals surface area contributed by atoms with Gasteiger partial charge in [0.25, 0.3) is 0 Å². The predicted octanol–water partition coefficient (Wildman–Crippen LogP) is 7.76. The van der Waals surface area contributed by atoms with Crippen molar-refractivity contribution in [3.63, 3.8) is 0 Å². The molecule has 4 aliphatic carbocycles. The molecule has 4 rings (SSSR count). The highest BCUT2D eigenvalue weighted by atomic mass is 19.4. The maximum Gasteiger partial charge on any atom is 0.416 e. The fourth-order valence-electron chi connectivity index (χ4n) is 9.98. The van der Waals surface area contributed by atoms with Crippen molar-refractivity contribution in [3.05, 3.63) is 0 Å². The van der Waals surface area contributed by atoms with Gasteiger partial charge in [0.1, 0.15) is 0 Å². The van der Waals surface area contributed by atoms with E-state index in [-0.39, 0.29) is 17.8 Å². The van der Waals surface area contributed by atoms with Gasteiger partial charge in [0.15, 0.2) is 5.60 Å². The molecule has 4 fully saturated rings. The second-order valence-corrected chi connectivity index (χ2v) is 14.0. The molecule has 0 aromatic rings. The SMILES string of the molecule is CC[C@]1(O)CC[C@@]2(C)[C@@H](CC[C@H]3[C@@H]4[C@H](C)C[C@H]([C@H](C)CC[C@](C)(O)C(F)(F)F)[C@@]4(C)CC[C@@H]32)C1. The molecular formula is C29H49F3O2. The van der Waals surface area contributed by atoms with Gasteiger partial charge in [-0.2, -0.15) is 13.2 Å². The summed E-state index contributed by atoms with van der Waals surface area (Å²) in [6, 6.07) is 0. The Morgan fingerprint density at radius 3 is 2.32 bits per heavy atom. The van der Waals surface area contributed by atoms with Crippen LogP contribution in [-0.2, 0) is 0 Å². The van der Waals surface area contributed by atoms with Crippen molar-refractivity contribution in [2.75, 3.05) is 0 Å². The Balaban J connectivity index is 1.50. The van der Waals surface area contributed by atoms with Gasteiger partial charge in [-0.05, 0) is 130 Å². The number of aliphatic hydroxyl groups is 2. The van der Waals surface area contributed by atoms with E-state index in [2.05, 4.69) is 34.6 Å². The third-order valence-corrected chi connectivity index (χ3v) is 12.2. The second-order valence-electron chi connectivity index (χ2n) is 14.0. The van der Waals surface area contributed by atoms with E-state index in [1.807, 2.05) is 0 Å². The van der Waals surface area contributed by atoms with Crippen LogP contribution in [0.4, 0.5) is 13.2 Å². The molecule has 4 aliphatic rings. The topological polar surface area (TPSA) is 40.5 Å². The highest BCUT2D eigenvalue weighted by Gasteiger charge is 2.63. The molecule has 4 saturated carbocycles. The minimum Gasteiger partial charge on any atom is -0.390 e. The van der Waals surface area contributed by atoms with Crippen molar-refractivity contribution in [2.24, 2.45) is 52.3 Å². The van der Waals surface area contributed by atoms with Gasteiger partial charge in [0, 0.05) is 0 Å². The molecule has 2 N–H and O–H groups in total. The first-order valence-electron chi connectivity index (χ1n) is 14.1. The third kappa shape index (κ3) is 4.17. The molecule has 0 saturated heterocycles. The zero-order valence-corrected chi connectivity index (χ0v) is 22.3. The molecule has 5 heteroatoms. The quantitative estimate of drug-likeness (QED) is 0.417. The van der Waals surface area contributed by atoms with Crippen LogP contribution in [0.5, 0.6) is 0 Å². The van der Waals surface area contributed by atoms with Gasteiger partial charge in [0.05, 0.1) is 5.60 Å². The molecule has 11 atom stereocenters. The maximum absolute atomic E-state index is 13.2. The first-order valence-corrected chi connectivity index (χ1v) is 14.1. The number of fused-ring (bicyclic) bond motifs is 5. The van der Waals surface area contributed by atoms with Gasteiger partial charge >= 0.3 is 6.18 Å². The standard InChI is InChI=1S/C29H49F3O2/c1-7-28(34)15-14-25(4)20(17-28)8-9-21-22(25)11-12-26(5)23(16-19(3)24(21)26)18(2)10-13-27(6,33)29(30,31)32/h18-24,33-34H,7-17H2,1-6H3/t18-,19-,20+,21-,22+,23-,24+,25+,26-,27+,28+/m1/s1. The molecule has 0 spiro atoms. The molecule has 0 aromatic heterocycles. The molecule has 0 aliphatic heterocycles. The second kappa shape index (κ2) is 8.64. The fourth-order valence-corrected chi connectivity index (χ4v) is 9.98. The summed E-state index contributed by atoms with van der Waals surface area (Å²) >= 11 is 0. The largest absolute Gasteiger partial charge is 0.416 e. The molecule has 0 bridgehead atoms. The Morgan fingerprint density at radius 2 is 1.71 bits per heavy atom. The van der Waals surface area contributed by atoms with Crippen molar-refractivity contribution in [3.8, 4) is 0 Å². The number of rotatable bonds is 5. The van der Waals surface area contributed by atoms with Crippen LogP contribution in [0.15, 0.2) is 0 Å². The third-order valence-electron chi connectivity index (χ3n) is 12.2. The summed E-state index contributed by atoms with van der Waals surface area (Å²) in [6.07, 6.45) is 5.49. The van der Waals surface area contributed by atoms with Crippen molar-refractivity contribution in [1.29, 1.82) is 0 Å². The molecule has 0 heterocycles. The van der Waals surface area contributed by atoms with E-state index >= 15 is 0 Å². The Hall–Kier alpha value is -0.290. The molecule has 2 nitrogen and oxygen atoms in total. The van der Waals surface area contributed by atoms with Gasteiger partial charge in [-0.1, -0.05) is 34.6 Å². The first-order chi connectivity index (χ1) is 15.6. The summed E-state index contributed by atoms with van der Waals surface area (Å²) in [5, 5.41) is 21.0. The molecule has 0 radical (unpaired) electrons. The highest BCUT2D eigenvalue weighted by Crippen LogP contribution is 2.70. The van der Waals surface area contributed by atoms with Gasteiger partial charge in [-0.15, -0.1) is 0 Å². The Bertz CT molecular complexity index is 750. The van der Waals surface area contributed by atoms with Gasteiger partial charge in [-0.3, -0.25) is 0 Å². The number of alkyl halides is 3. The van der Waals surface area contributed by atoms with Crippen LogP contribution >= 0.6 is 0 Å². The fraction of sp³-hybridized carbons (Fsp3) is 1.00. The molecular weight excluding hydrogens is 437 g/mol. The monoisotopic (exact) mass is 486 g/mol. The lowest BCUT2D eigenvalue weighted by Gasteiger charge is -2.62. The molecule has 0 unspecified atom stereocenters. The average Bonchev–Trinajstić information content (AvgIpc) is 3.02. The summed E-state index contributed by atoms with van der Waals surface area (Å²) in [7, 11) is 0. The predicted molar refractivity (Wildman–Crippen MR) is 130 cm³/mol. The van der Waals surface area contributed by atoms with Crippen LogP contribution in [0.25, 0.3) is 0 Å². The molecule has 34 heavy (non-hydrogen) atoms. The van der Waals surface area contributed by atoms with E-state index in [9.17, 15) is 23.4 Å². The van der Waals surface area contributed by atoms with Crippen molar-refractivity contribution < 1.29 is 23.4 Å². The van der Waals surface area contributed by atoms with E-state index in [4.69, 9.17) is 0 Å². The zero-order valence-electron chi connectivity index (χ0n) is 22.3. The van der Waals surface area contributed by atoms with Gasteiger partial charge < -0.3 is 10.2 Å². The van der Waals surface area contributed by atoms with Crippen LogP contribution in [-0.4, -0.2) is 27.6 Å². The lowest BCUT2D eigenvalue weighted by atomic mass is 9.43. The van der Waals surface area contributed by atoms with Crippen LogP contribution in [0.1, 0.15) is 112 Å².